The third-order valence-electron chi connectivity index (χ3n) is 2.61. The maximum Gasteiger partial charge on any atom is 0.410 e. The summed E-state index contributed by atoms with van der Waals surface area (Å²) < 4.78 is 5.28. The van der Waals surface area contributed by atoms with Crippen LogP contribution in [0.2, 0.25) is 0 Å². The number of carbonyl (C=O) groups excluding carboxylic acids is 1. The molecule has 0 unspecified atom stereocenters. The van der Waals surface area contributed by atoms with Gasteiger partial charge in [0.15, 0.2) is 0 Å². The van der Waals surface area contributed by atoms with Crippen LogP contribution in [0.15, 0.2) is 5.16 Å². The third kappa shape index (κ3) is 4.13. The quantitative estimate of drug-likeness (QED) is 0.315. The first-order valence-corrected chi connectivity index (χ1v) is 5.79. The molecular weight excluding hydrogens is 222 g/mol. The number of hydrogen-bond acceptors (Lipinski definition) is 4. The minimum Gasteiger partial charge on any atom is -0.444 e. The third-order valence-corrected chi connectivity index (χ3v) is 2.61. The zero-order valence-electron chi connectivity index (χ0n) is 10.6. The van der Waals surface area contributed by atoms with Crippen molar-refractivity contribution in [1.82, 2.24) is 4.90 Å². The maximum atomic E-state index is 11.8. The smallest absolute Gasteiger partial charge is 0.410 e. The Kier molecular flexibility index (Phi) is 4.20. The summed E-state index contributed by atoms with van der Waals surface area (Å²) in [6.07, 6.45) is 1.32. The molecule has 17 heavy (non-hydrogen) atoms. The summed E-state index contributed by atoms with van der Waals surface area (Å²) in [6, 6.07) is 0. The van der Waals surface area contributed by atoms with Crippen LogP contribution < -0.4 is 5.73 Å². The molecule has 6 heteroatoms. The second-order valence-electron chi connectivity index (χ2n) is 5.29. The topological polar surface area (TPSA) is 88.2 Å². The molecule has 1 heterocycles. The molecule has 1 rings (SSSR count). The average molecular weight is 243 g/mol. The van der Waals surface area contributed by atoms with Gasteiger partial charge < -0.3 is 20.6 Å². The van der Waals surface area contributed by atoms with Crippen LogP contribution in [-0.4, -0.2) is 40.7 Å². The van der Waals surface area contributed by atoms with Crippen LogP contribution in [-0.2, 0) is 4.74 Å². The lowest BCUT2D eigenvalue weighted by molar-refractivity contribution is 0.0192. The molecule has 6 nitrogen and oxygen atoms in total. The molecule has 0 aromatic rings. The van der Waals surface area contributed by atoms with E-state index >= 15 is 0 Å². The van der Waals surface area contributed by atoms with Crippen molar-refractivity contribution in [3.05, 3.63) is 0 Å². The van der Waals surface area contributed by atoms with Crippen molar-refractivity contribution in [1.29, 1.82) is 0 Å². The highest BCUT2D eigenvalue weighted by molar-refractivity contribution is 5.83. The lowest BCUT2D eigenvalue weighted by Gasteiger charge is -2.33. The van der Waals surface area contributed by atoms with Crippen molar-refractivity contribution in [3.63, 3.8) is 0 Å². The summed E-state index contributed by atoms with van der Waals surface area (Å²) in [7, 11) is 0. The fourth-order valence-electron chi connectivity index (χ4n) is 1.79. The van der Waals surface area contributed by atoms with E-state index in [1.165, 1.54) is 0 Å². The van der Waals surface area contributed by atoms with E-state index in [4.69, 9.17) is 15.7 Å². The van der Waals surface area contributed by atoms with E-state index in [1.807, 2.05) is 20.8 Å². The molecule has 1 atom stereocenters. The van der Waals surface area contributed by atoms with E-state index in [2.05, 4.69) is 5.16 Å². The molecule has 0 spiro atoms. The van der Waals surface area contributed by atoms with Gasteiger partial charge in [0, 0.05) is 19.0 Å². The Morgan fingerprint density at radius 3 is 2.71 bits per heavy atom. The fraction of sp³-hybridized carbons (Fsp3) is 0.818. The van der Waals surface area contributed by atoms with E-state index < -0.39 is 5.60 Å². The minimum absolute atomic E-state index is 0.0822. The maximum absolute atomic E-state index is 11.8. The normalized spacial score (nSPS) is 22.4. The Hall–Kier alpha value is -1.46. The van der Waals surface area contributed by atoms with Crippen LogP contribution >= 0.6 is 0 Å². The van der Waals surface area contributed by atoms with Crippen molar-refractivity contribution in [2.75, 3.05) is 13.1 Å². The first-order valence-electron chi connectivity index (χ1n) is 5.79. The van der Waals surface area contributed by atoms with E-state index in [0.717, 1.165) is 12.8 Å². The van der Waals surface area contributed by atoms with Gasteiger partial charge in [0.25, 0.3) is 0 Å². The molecule has 0 bridgehead atoms. The number of amidine groups is 1. The van der Waals surface area contributed by atoms with Crippen molar-refractivity contribution in [2.24, 2.45) is 16.8 Å². The van der Waals surface area contributed by atoms with Gasteiger partial charge in [0.2, 0.25) is 0 Å². The number of amides is 1. The number of piperidine rings is 1. The Morgan fingerprint density at radius 2 is 2.18 bits per heavy atom. The van der Waals surface area contributed by atoms with Gasteiger partial charge in [-0.2, -0.15) is 0 Å². The van der Waals surface area contributed by atoms with E-state index in [0.29, 0.717) is 13.1 Å². The summed E-state index contributed by atoms with van der Waals surface area (Å²) in [4.78, 5) is 13.4. The molecule has 1 fully saturated rings. The number of oxime groups is 1. The van der Waals surface area contributed by atoms with Gasteiger partial charge in [-0.3, -0.25) is 0 Å². The number of nitrogens with two attached hydrogens (primary N) is 1. The summed E-state index contributed by atoms with van der Waals surface area (Å²) in [6.45, 7) is 6.59. The molecular formula is C11H21N3O3. The molecule has 0 aliphatic carbocycles. The number of carbonyl (C=O) groups is 1. The van der Waals surface area contributed by atoms with Gasteiger partial charge in [0.05, 0.1) is 0 Å². The fourth-order valence-corrected chi connectivity index (χ4v) is 1.79. The van der Waals surface area contributed by atoms with Gasteiger partial charge in [-0.1, -0.05) is 5.16 Å². The largest absolute Gasteiger partial charge is 0.444 e. The highest BCUT2D eigenvalue weighted by Gasteiger charge is 2.29. The van der Waals surface area contributed by atoms with Gasteiger partial charge >= 0.3 is 6.09 Å². The predicted octanol–water partition coefficient (Wildman–Crippen LogP) is 1.38. The monoisotopic (exact) mass is 243 g/mol. The van der Waals surface area contributed by atoms with Gasteiger partial charge in [-0.25, -0.2) is 4.79 Å². The number of hydrogen-bond donors (Lipinski definition) is 2. The summed E-state index contributed by atoms with van der Waals surface area (Å²) in [5.74, 6) is 0.0968. The van der Waals surface area contributed by atoms with Crippen molar-refractivity contribution < 1.29 is 14.7 Å². The first-order chi connectivity index (χ1) is 7.83. The molecule has 0 radical (unpaired) electrons. The summed E-state index contributed by atoms with van der Waals surface area (Å²) in [5.41, 5.74) is 5.06. The highest BCUT2D eigenvalue weighted by atomic mass is 16.6. The molecule has 0 aromatic carbocycles. The number of ether oxygens (including phenoxy) is 1. The average Bonchev–Trinajstić information content (AvgIpc) is 2.26. The van der Waals surface area contributed by atoms with E-state index in [9.17, 15) is 4.79 Å². The van der Waals surface area contributed by atoms with Crippen LogP contribution in [0.25, 0.3) is 0 Å². The van der Waals surface area contributed by atoms with Crippen molar-refractivity contribution >= 4 is 11.9 Å². The minimum atomic E-state index is -0.499. The highest BCUT2D eigenvalue weighted by Crippen LogP contribution is 2.19. The second-order valence-corrected chi connectivity index (χ2v) is 5.29. The van der Waals surface area contributed by atoms with Crippen LogP contribution in [0, 0.1) is 5.92 Å². The standard InChI is InChI=1S/C11H21N3O3/c1-11(2,3)17-10(15)14-6-4-5-8(7-14)9(12)13-16/h8,16H,4-7H2,1-3H3,(H2,12,13)/t8-/m1/s1. The molecule has 0 aromatic heterocycles. The van der Waals surface area contributed by atoms with Gasteiger partial charge in [-0.05, 0) is 33.6 Å². The lowest BCUT2D eigenvalue weighted by Crippen LogP contribution is -2.46. The Labute approximate surface area is 101 Å². The summed E-state index contributed by atoms with van der Waals surface area (Å²) >= 11 is 0. The molecule has 0 saturated carbocycles. The van der Waals surface area contributed by atoms with E-state index in [1.54, 1.807) is 4.90 Å². The Bertz CT molecular complexity index is 310. The molecule has 98 valence electrons. The zero-order valence-corrected chi connectivity index (χ0v) is 10.6. The molecule has 1 aliphatic heterocycles. The SMILES string of the molecule is CC(C)(C)OC(=O)N1CCC[C@@H](/C(N)=N\O)C1. The lowest BCUT2D eigenvalue weighted by atomic mass is 9.97. The van der Waals surface area contributed by atoms with Crippen LogP contribution in [0.4, 0.5) is 4.79 Å². The number of likely N-dealkylation sites (tertiary alicyclic amines) is 1. The van der Waals surface area contributed by atoms with Crippen molar-refractivity contribution in [2.45, 2.75) is 39.2 Å². The van der Waals surface area contributed by atoms with Crippen LogP contribution in [0.1, 0.15) is 33.6 Å². The van der Waals surface area contributed by atoms with Gasteiger partial charge in [0.1, 0.15) is 11.4 Å². The number of nitrogens with zero attached hydrogens (tertiary/aromatic N) is 2. The first kappa shape index (κ1) is 13.6. The Balaban J connectivity index is 2.58. The molecule has 1 aliphatic rings. The van der Waals surface area contributed by atoms with Crippen LogP contribution in [0.3, 0.4) is 0 Å². The molecule has 1 amide bonds. The van der Waals surface area contributed by atoms with Crippen molar-refractivity contribution in [3.8, 4) is 0 Å². The summed E-state index contributed by atoms with van der Waals surface area (Å²) in [5, 5.41) is 11.6. The van der Waals surface area contributed by atoms with Gasteiger partial charge in [-0.15, -0.1) is 0 Å². The van der Waals surface area contributed by atoms with Crippen LogP contribution in [0.5, 0.6) is 0 Å². The zero-order chi connectivity index (χ0) is 13.1. The number of rotatable bonds is 1. The molecule has 1 saturated heterocycles. The second kappa shape index (κ2) is 5.25. The molecule has 3 N–H and O–H groups in total. The predicted molar refractivity (Wildman–Crippen MR) is 63.9 cm³/mol. The van der Waals surface area contributed by atoms with E-state index in [-0.39, 0.29) is 17.8 Å². The Morgan fingerprint density at radius 1 is 1.53 bits per heavy atom.